The predicted octanol–water partition coefficient (Wildman–Crippen LogP) is 4.30. The number of carbonyl (C=O) groups is 1. The van der Waals surface area contributed by atoms with E-state index in [0.29, 0.717) is 12.2 Å². The molecule has 0 aromatic heterocycles. The molecule has 0 saturated carbocycles. The molecule has 0 amide bonds. The first-order valence-corrected chi connectivity index (χ1v) is 10.0. The molecule has 0 aliphatic heterocycles. The second-order valence-electron chi connectivity index (χ2n) is 6.36. The molecule has 0 heterocycles. The summed E-state index contributed by atoms with van der Waals surface area (Å²) in [4.78, 5) is 11.4. The van der Waals surface area contributed by atoms with Crippen molar-refractivity contribution in [1.29, 1.82) is 0 Å². The van der Waals surface area contributed by atoms with Crippen LogP contribution >= 0.6 is 0 Å². The molecule has 0 aromatic carbocycles. The van der Waals surface area contributed by atoms with Crippen LogP contribution < -0.4 is 0 Å². The van der Waals surface area contributed by atoms with Crippen molar-refractivity contribution in [2.45, 2.75) is 65.6 Å². The lowest BCUT2D eigenvalue weighted by atomic mass is 10.2. The van der Waals surface area contributed by atoms with Crippen LogP contribution in [-0.2, 0) is 14.0 Å². The van der Waals surface area contributed by atoms with Crippen LogP contribution in [0.3, 0.4) is 0 Å². The lowest BCUT2D eigenvalue weighted by Gasteiger charge is -2.36. The van der Waals surface area contributed by atoms with Gasteiger partial charge in [0.2, 0.25) is 0 Å². The molecule has 112 valence electrons. The number of rotatable bonds is 7. The third kappa shape index (κ3) is 6.92. The fourth-order valence-electron chi connectivity index (χ4n) is 1.27. The summed E-state index contributed by atoms with van der Waals surface area (Å²) in [6.45, 7) is 16.0. The molecule has 0 saturated heterocycles. The molecule has 19 heavy (non-hydrogen) atoms. The lowest BCUT2D eigenvalue weighted by Crippen LogP contribution is -2.40. The van der Waals surface area contributed by atoms with Crippen molar-refractivity contribution in [2.24, 2.45) is 0 Å². The molecule has 0 aromatic rings. The second kappa shape index (κ2) is 7.85. The zero-order valence-electron chi connectivity index (χ0n) is 13.6. The van der Waals surface area contributed by atoms with Crippen molar-refractivity contribution in [3.05, 3.63) is 11.6 Å². The Bertz CT molecular complexity index is 314. The van der Waals surface area contributed by atoms with Gasteiger partial charge in [-0.15, -0.1) is 0 Å². The summed E-state index contributed by atoms with van der Waals surface area (Å²) in [5.74, 6) is -0.215. The third-order valence-corrected chi connectivity index (χ3v) is 8.20. The van der Waals surface area contributed by atoms with Crippen LogP contribution in [0.25, 0.3) is 0 Å². The van der Waals surface area contributed by atoms with Crippen molar-refractivity contribution in [1.82, 2.24) is 0 Å². The van der Waals surface area contributed by atoms with Crippen LogP contribution in [-0.4, -0.2) is 27.5 Å². The molecule has 0 aliphatic rings. The van der Waals surface area contributed by atoms with Crippen LogP contribution in [0.5, 0.6) is 0 Å². The molecule has 3 nitrogen and oxygen atoms in total. The number of allylic oxidation sites excluding steroid dienone is 1. The zero-order chi connectivity index (χ0) is 15.1. The Morgan fingerprint density at radius 3 is 2.32 bits per heavy atom. The average Bonchev–Trinajstić information content (AvgIpc) is 2.26. The Labute approximate surface area is 119 Å². The summed E-state index contributed by atoms with van der Waals surface area (Å²) in [6, 6.07) is 0. The second-order valence-corrected chi connectivity index (χ2v) is 11.2. The highest BCUT2D eigenvalue weighted by atomic mass is 28.4. The molecule has 4 heteroatoms. The van der Waals surface area contributed by atoms with Gasteiger partial charge in [-0.25, -0.2) is 4.79 Å². The third-order valence-electron chi connectivity index (χ3n) is 3.67. The fourth-order valence-corrected chi connectivity index (χ4v) is 2.36. The smallest absolute Gasteiger partial charge is 0.333 e. The number of hydrogen-bond donors (Lipinski definition) is 0. The van der Waals surface area contributed by atoms with Gasteiger partial charge in [0.15, 0.2) is 8.32 Å². The molecule has 0 aliphatic carbocycles. The Hall–Kier alpha value is -0.613. The molecule has 0 N–H and O–H groups in total. The minimum atomic E-state index is -1.63. The van der Waals surface area contributed by atoms with Gasteiger partial charge in [0.05, 0.1) is 6.61 Å². The van der Waals surface area contributed by atoms with E-state index in [4.69, 9.17) is 9.16 Å². The van der Waals surface area contributed by atoms with Crippen LogP contribution in [0, 0.1) is 0 Å². The van der Waals surface area contributed by atoms with E-state index >= 15 is 0 Å². The van der Waals surface area contributed by atoms with E-state index in [0.717, 1.165) is 19.4 Å². The van der Waals surface area contributed by atoms with Crippen molar-refractivity contribution < 1.29 is 14.0 Å². The maximum absolute atomic E-state index is 11.4. The van der Waals surface area contributed by atoms with Crippen LogP contribution in [0.1, 0.15) is 47.5 Å². The molecule has 0 bridgehead atoms. The van der Waals surface area contributed by atoms with Gasteiger partial charge >= 0.3 is 5.97 Å². The van der Waals surface area contributed by atoms with Gasteiger partial charge < -0.3 is 9.16 Å². The monoisotopic (exact) mass is 286 g/mol. The van der Waals surface area contributed by atoms with Crippen molar-refractivity contribution in [3.8, 4) is 0 Å². The van der Waals surface area contributed by atoms with Gasteiger partial charge in [-0.3, -0.25) is 0 Å². The number of ether oxygens (including phenoxy) is 1. The van der Waals surface area contributed by atoms with Crippen LogP contribution in [0.4, 0.5) is 0 Å². The zero-order valence-corrected chi connectivity index (χ0v) is 14.6. The highest BCUT2D eigenvalue weighted by Crippen LogP contribution is 2.36. The average molecular weight is 286 g/mol. The van der Waals surface area contributed by atoms with Gasteiger partial charge in [-0.05, 0) is 44.8 Å². The van der Waals surface area contributed by atoms with E-state index in [1.54, 1.807) is 6.92 Å². The minimum absolute atomic E-state index is 0.215. The summed E-state index contributed by atoms with van der Waals surface area (Å²) in [6.07, 6.45) is 3.75. The summed E-state index contributed by atoms with van der Waals surface area (Å²) < 4.78 is 11.0. The SMILES string of the molecule is CCOC(=O)/C(C)=C/CCCO[Si](C)(C)C(C)(C)C. The predicted molar refractivity (Wildman–Crippen MR) is 82.8 cm³/mol. The maximum Gasteiger partial charge on any atom is 0.333 e. The number of unbranched alkanes of at least 4 members (excludes halogenated alkanes) is 1. The standard InChI is InChI=1S/C15H30O3Si/c1-8-17-14(16)13(2)11-9-10-12-18-19(6,7)15(3,4)5/h11H,8-10,12H2,1-7H3/b13-11+. The van der Waals surface area contributed by atoms with Crippen molar-refractivity contribution in [2.75, 3.05) is 13.2 Å². The minimum Gasteiger partial charge on any atom is -0.463 e. The van der Waals surface area contributed by atoms with E-state index in [2.05, 4.69) is 33.9 Å². The summed E-state index contributed by atoms with van der Waals surface area (Å²) in [7, 11) is -1.63. The molecular formula is C15H30O3Si. The van der Waals surface area contributed by atoms with Crippen molar-refractivity contribution >= 4 is 14.3 Å². The normalized spacial score (nSPS) is 13.5. The van der Waals surface area contributed by atoms with E-state index in [1.807, 2.05) is 13.0 Å². The fraction of sp³-hybridized carbons (Fsp3) is 0.800. The Balaban J connectivity index is 4.00. The first-order chi connectivity index (χ1) is 8.62. The molecule has 0 spiro atoms. The first-order valence-electron chi connectivity index (χ1n) is 7.09. The quantitative estimate of drug-likeness (QED) is 0.303. The molecule has 0 fully saturated rings. The molecule has 0 unspecified atom stereocenters. The van der Waals surface area contributed by atoms with Crippen LogP contribution in [0.15, 0.2) is 11.6 Å². The van der Waals surface area contributed by atoms with Gasteiger partial charge in [0.25, 0.3) is 0 Å². The van der Waals surface area contributed by atoms with Crippen molar-refractivity contribution in [3.63, 3.8) is 0 Å². The van der Waals surface area contributed by atoms with E-state index < -0.39 is 8.32 Å². The van der Waals surface area contributed by atoms with Gasteiger partial charge in [-0.1, -0.05) is 26.8 Å². The Morgan fingerprint density at radius 1 is 1.26 bits per heavy atom. The number of hydrogen-bond acceptors (Lipinski definition) is 3. The molecule has 0 radical (unpaired) electrons. The first kappa shape index (κ1) is 18.4. The number of carbonyl (C=O) groups excluding carboxylic acids is 1. The molecule has 0 atom stereocenters. The summed E-state index contributed by atoms with van der Waals surface area (Å²) in [5.41, 5.74) is 0.689. The largest absolute Gasteiger partial charge is 0.463 e. The Morgan fingerprint density at radius 2 is 1.84 bits per heavy atom. The van der Waals surface area contributed by atoms with Gasteiger partial charge in [0, 0.05) is 12.2 Å². The van der Waals surface area contributed by atoms with Gasteiger partial charge in [-0.2, -0.15) is 0 Å². The highest BCUT2D eigenvalue weighted by Gasteiger charge is 2.36. The van der Waals surface area contributed by atoms with E-state index in [1.165, 1.54) is 0 Å². The lowest BCUT2D eigenvalue weighted by molar-refractivity contribution is -0.138. The topological polar surface area (TPSA) is 35.5 Å². The summed E-state index contributed by atoms with van der Waals surface area (Å²) in [5, 5.41) is 0.254. The van der Waals surface area contributed by atoms with Crippen LogP contribution in [0.2, 0.25) is 18.1 Å². The molecule has 0 rings (SSSR count). The highest BCUT2D eigenvalue weighted by molar-refractivity contribution is 6.74. The number of esters is 1. The van der Waals surface area contributed by atoms with E-state index in [9.17, 15) is 4.79 Å². The maximum atomic E-state index is 11.4. The molecular weight excluding hydrogens is 256 g/mol. The summed E-state index contributed by atoms with van der Waals surface area (Å²) >= 11 is 0. The Kier molecular flexibility index (Phi) is 7.60. The van der Waals surface area contributed by atoms with E-state index in [-0.39, 0.29) is 11.0 Å². The van der Waals surface area contributed by atoms with Gasteiger partial charge in [0.1, 0.15) is 0 Å².